The van der Waals surface area contributed by atoms with Gasteiger partial charge in [0, 0.05) is 19.0 Å². The molecule has 0 saturated carbocycles. The largest absolute Gasteiger partial charge is 0.344 e. The molecule has 2 rings (SSSR count). The molecule has 7 nitrogen and oxygen atoms in total. The van der Waals surface area contributed by atoms with Gasteiger partial charge in [0.25, 0.3) is 0 Å². The lowest BCUT2D eigenvalue weighted by atomic mass is 10.0. The molecule has 120 valence electrons. The Morgan fingerprint density at radius 2 is 2.09 bits per heavy atom. The maximum Gasteiger partial charge on any atom is 0.223 e. The quantitative estimate of drug-likeness (QED) is 0.915. The second-order valence-electron chi connectivity index (χ2n) is 6.23. The summed E-state index contributed by atoms with van der Waals surface area (Å²) in [7, 11) is 0. The molecule has 0 aliphatic rings. The third-order valence-corrected chi connectivity index (χ3v) is 3.48. The molecule has 2 heterocycles. The number of hydrogen-bond acceptors (Lipinski definition) is 5. The molecule has 1 N–H and O–H groups in total. The van der Waals surface area contributed by atoms with E-state index in [9.17, 15) is 4.79 Å². The Hall–Kier alpha value is -2.18. The summed E-state index contributed by atoms with van der Waals surface area (Å²) in [6.45, 7) is 11.3. The van der Waals surface area contributed by atoms with Crippen LogP contribution in [0.1, 0.15) is 56.3 Å². The van der Waals surface area contributed by atoms with Crippen LogP contribution < -0.4 is 5.32 Å². The van der Waals surface area contributed by atoms with Crippen LogP contribution in [-0.4, -0.2) is 25.8 Å². The van der Waals surface area contributed by atoms with Gasteiger partial charge < -0.3 is 9.84 Å². The van der Waals surface area contributed by atoms with E-state index >= 15 is 0 Å². The van der Waals surface area contributed by atoms with Crippen LogP contribution in [0.15, 0.2) is 10.6 Å². The Kier molecular flexibility index (Phi) is 4.35. The van der Waals surface area contributed by atoms with E-state index < -0.39 is 5.54 Å². The zero-order chi connectivity index (χ0) is 16.5. The molecule has 7 heteroatoms. The standard InChI is InChI=1S/C15H23N5O2/c1-9-7-10(2)20(18-9)11(3)8-13(21)17-15(5,6)14-16-12(4)22-19-14/h7,11H,8H2,1-6H3,(H,17,21). The van der Waals surface area contributed by atoms with Gasteiger partial charge in [-0.1, -0.05) is 5.16 Å². The van der Waals surface area contributed by atoms with Crippen molar-refractivity contribution >= 4 is 5.91 Å². The number of hydrogen-bond donors (Lipinski definition) is 1. The number of rotatable bonds is 5. The number of carbonyl (C=O) groups is 1. The Morgan fingerprint density at radius 1 is 1.41 bits per heavy atom. The summed E-state index contributed by atoms with van der Waals surface area (Å²) in [6, 6.07) is 1.98. The van der Waals surface area contributed by atoms with E-state index in [-0.39, 0.29) is 11.9 Å². The fourth-order valence-corrected chi connectivity index (χ4v) is 2.46. The highest BCUT2D eigenvalue weighted by atomic mass is 16.5. The minimum Gasteiger partial charge on any atom is -0.344 e. The average Bonchev–Trinajstić information content (AvgIpc) is 2.94. The normalized spacial score (nSPS) is 13.2. The number of aromatic nitrogens is 4. The Labute approximate surface area is 130 Å². The molecule has 0 saturated heterocycles. The lowest BCUT2D eigenvalue weighted by Gasteiger charge is -2.23. The maximum absolute atomic E-state index is 12.3. The molecule has 2 aromatic rings. The summed E-state index contributed by atoms with van der Waals surface area (Å²) in [6.07, 6.45) is 0.336. The fraction of sp³-hybridized carbons (Fsp3) is 0.600. The number of nitrogens with zero attached hydrogens (tertiary/aromatic N) is 4. The maximum atomic E-state index is 12.3. The van der Waals surface area contributed by atoms with Gasteiger partial charge >= 0.3 is 0 Å². The van der Waals surface area contributed by atoms with Crippen LogP contribution in [0.3, 0.4) is 0 Å². The second kappa shape index (κ2) is 5.90. The molecule has 1 atom stereocenters. The van der Waals surface area contributed by atoms with Crippen LogP contribution in [0.4, 0.5) is 0 Å². The van der Waals surface area contributed by atoms with Gasteiger partial charge in [-0.3, -0.25) is 9.48 Å². The van der Waals surface area contributed by atoms with Crippen LogP contribution in [0, 0.1) is 20.8 Å². The topological polar surface area (TPSA) is 85.8 Å². The van der Waals surface area contributed by atoms with Gasteiger partial charge in [0.05, 0.1) is 17.3 Å². The first-order valence-corrected chi connectivity index (χ1v) is 7.33. The molecule has 2 aromatic heterocycles. The van der Waals surface area contributed by atoms with Crippen LogP contribution in [0.25, 0.3) is 0 Å². The zero-order valence-corrected chi connectivity index (χ0v) is 14.0. The van der Waals surface area contributed by atoms with Gasteiger partial charge in [-0.2, -0.15) is 10.1 Å². The molecule has 22 heavy (non-hydrogen) atoms. The Morgan fingerprint density at radius 3 is 2.59 bits per heavy atom. The third kappa shape index (κ3) is 3.52. The molecule has 1 unspecified atom stereocenters. The number of aryl methyl sites for hydroxylation is 3. The fourth-order valence-electron chi connectivity index (χ4n) is 2.46. The molecule has 0 aromatic carbocycles. The molecule has 1 amide bonds. The summed E-state index contributed by atoms with van der Waals surface area (Å²) in [4.78, 5) is 16.5. The number of carbonyl (C=O) groups excluding carboxylic acids is 1. The molecule has 0 bridgehead atoms. The summed E-state index contributed by atoms with van der Waals surface area (Å²) in [5.41, 5.74) is 1.32. The monoisotopic (exact) mass is 305 g/mol. The number of nitrogens with one attached hydrogen (secondary N) is 1. The van der Waals surface area contributed by atoms with Crippen LogP contribution in [0.5, 0.6) is 0 Å². The van der Waals surface area contributed by atoms with Gasteiger partial charge in [0.15, 0.2) is 5.82 Å². The Balaban J connectivity index is 2.02. The smallest absolute Gasteiger partial charge is 0.223 e. The van der Waals surface area contributed by atoms with E-state index in [0.29, 0.717) is 18.1 Å². The second-order valence-corrected chi connectivity index (χ2v) is 6.23. The van der Waals surface area contributed by atoms with E-state index in [1.54, 1.807) is 6.92 Å². The molecule has 0 aliphatic heterocycles. The Bertz CT molecular complexity index is 671. The summed E-state index contributed by atoms with van der Waals surface area (Å²) < 4.78 is 6.85. The first kappa shape index (κ1) is 16.2. The molecule has 0 aliphatic carbocycles. The minimum absolute atomic E-state index is 0.0171. The van der Waals surface area contributed by atoms with Crippen LogP contribution in [0.2, 0.25) is 0 Å². The highest BCUT2D eigenvalue weighted by molar-refractivity contribution is 5.77. The third-order valence-electron chi connectivity index (χ3n) is 3.48. The molecule has 0 spiro atoms. The summed E-state index contributed by atoms with van der Waals surface area (Å²) in [5.74, 6) is 0.873. The van der Waals surface area contributed by atoms with Crippen molar-refractivity contribution in [2.24, 2.45) is 0 Å². The lowest BCUT2D eigenvalue weighted by Crippen LogP contribution is -2.42. The SMILES string of the molecule is Cc1cc(C)n(C(C)CC(=O)NC(C)(C)c2noc(C)n2)n1. The van der Waals surface area contributed by atoms with Gasteiger partial charge in [-0.15, -0.1) is 0 Å². The summed E-state index contributed by atoms with van der Waals surface area (Å²) in [5, 5.41) is 11.2. The van der Waals surface area contributed by atoms with Crippen molar-refractivity contribution in [3.8, 4) is 0 Å². The average molecular weight is 305 g/mol. The van der Waals surface area contributed by atoms with E-state index in [0.717, 1.165) is 11.4 Å². The first-order valence-electron chi connectivity index (χ1n) is 7.33. The lowest BCUT2D eigenvalue weighted by molar-refractivity contribution is -0.123. The highest BCUT2D eigenvalue weighted by Gasteiger charge is 2.29. The number of amides is 1. The first-order chi connectivity index (χ1) is 10.2. The minimum atomic E-state index is -0.677. The van der Waals surface area contributed by atoms with Gasteiger partial charge in [0.2, 0.25) is 11.8 Å². The molecular formula is C15H23N5O2. The van der Waals surface area contributed by atoms with E-state index in [2.05, 4.69) is 20.6 Å². The molecule has 0 fully saturated rings. The van der Waals surface area contributed by atoms with Crippen LogP contribution >= 0.6 is 0 Å². The van der Waals surface area contributed by atoms with Crippen molar-refractivity contribution in [3.63, 3.8) is 0 Å². The van der Waals surface area contributed by atoms with E-state index in [4.69, 9.17) is 4.52 Å². The molecule has 0 radical (unpaired) electrons. The molecular weight excluding hydrogens is 282 g/mol. The van der Waals surface area contributed by atoms with E-state index in [1.807, 2.05) is 45.4 Å². The van der Waals surface area contributed by atoms with Gasteiger partial charge in [0.1, 0.15) is 0 Å². The van der Waals surface area contributed by atoms with E-state index in [1.165, 1.54) is 0 Å². The zero-order valence-electron chi connectivity index (χ0n) is 14.0. The predicted molar refractivity (Wildman–Crippen MR) is 81.2 cm³/mol. The van der Waals surface area contributed by atoms with Crippen LogP contribution in [-0.2, 0) is 10.3 Å². The van der Waals surface area contributed by atoms with Crippen molar-refractivity contribution < 1.29 is 9.32 Å². The highest BCUT2D eigenvalue weighted by Crippen LogP contribution is 2.19. The summed E-state index contributed by atoms with van der Waals surface area (Å²) >= 11 is 0. The van der Waals surface area contributed by atoms with Gasteiger partial charge in [-0.05, 0) is 40.7 Å². The van der Waals surface area contributed by atoms with Crippen molar-refractivity contribution in [3.05, 3.63) is 29.2 Å². The van der Waals surface area contributed by atoms with Crippen molar-refractivity contribution in [2.75, 3.05) is 0 Å². The van der Waals surface area contributed by atoms with Gasteiger partial charge in [-0.25, -0.2) is 0 Å². The van der Waals surface area contributed by atoms with Crippen molar-refractivity contribution in [1.29, 1.82) is 0 Å². The van der Waals surface area contributed by atoms with Crippen molar-refractivity contribution in [1.82, 2.24) is 25.2 Å². The predicted octanol–water partition coefficient (Wildman–Crippen LogP) is 2.19. The van der Waals surface area contributed by atoms with Crippen molar-refractivity contribution in [2.45, 2.75) is 59.5 Å².